The highest BCUT2D eigenvalue weighted by Gasteiger charge is 2.11. The van der Waals surface area contributed by atoms with Gasteiger partial charge in [-0.2, -0.15) is 0 Å². The number of hydrogen-bond donors (Lipinski definition) is 1. The van der Waals surface area contributed by atoms with Crippen LogP contribution in [-0.2, 0) is 6.42 Å². The third-order valence-corrected chi connectivity index (χ3v) is 2.92. The van der Waals surface area contributed by atoms with E-state index in [1.54, 1.807) is 7.11 Å². The molecule has 0 aromatic heterocycles. The van der Waals surface area contributed by atoms with Crippen LogP contribution in [0.3, 0.4) is 0 Å². The number of aliphatic hydroxyl groups is 1. The number of methoxy groups -OCH3 is 1. The molecule has 0 spiro atoms. The Morgan fingerprint density at radius 2 is 1.79 bits per heavy atom. The minimum absolute atomic E-state index is 0.545. The zero-order valence-corrected chi connectivity index (χ0v) is 13.4. The standard InChI is InChI=1S/C15H24O2.C2H6/c1-12-8-9-14(17-4)13(11-12)7-5-6-10-15(2,3)16;1-2/h8-9,11,16H,5-7,10H2,1-4H3;1-2H3. The predicted molar refractivity (Wildman–Crippen MR) is 82.9 cm³/mol. The van der Waals surface area contributed by atoms with Gasteiger partial charge in [-0.05, 0) is 51.7 Å². The molecule has 0 radical (unpaired) electrons. The molecule has 0 atom stereocenters. The predicted octanol–water partition coefficient (Wildman–Crippen LogP) is 4.51. The van der Waals surface area contributed by atoms with Crippen LogP contribution in [0.1, 0.15) is 58.1 Å². The molecular weight excluding hydrogens is 236 g/mol. The zero-order chi connectivity index (χ0) is 14.9. The van der Waals surface area contributed by atoms with E-state index in [4.69, 9.17) is 4.74 Å². The molecule has 0 amide bonds. The van der Waals surface area contributed by atoms with E-state index in [1.165, 1.54) is 11.1 Å². The van der Waals surface area contributed by atoms with Crippen LogP contribution >= 0.6 is 0 Å². The van der Waals surface area contributed by atoms with Crippen molar-refractivity contribution >= 4 is 0 Å². The SMILES string of the molecule is CC.COc1ccc(C)cc1CCCCC(C)(C)O. The van der Waals surface area contributed by atoms with Crippen molar-refractivity contribution in [2.24, 2.45) is 0 Å². The van der Waals surface area contributed by atoms with Crippen molar-refractivity contribution in [1.82, 2.24) is 0 Å². The first-order chi connectivity index (χ1) is 8.92. The molecule has 0 saturated heterocycles. The van der Waals surface area contributed by atoms with E-state index < -0.39 is 5.60 Å². The van der Waals surface area contributed by atoms with Crippen LogP contribution in [0.15, 0.2) is 18.2 Å². The van der Waals surface area contributed by atoms with Crippen molar-refractivity contribution < 1.29 is 9.84 Å². The van der Waals surface area contributed by atoms with Gasteiger partial charge < -0.3 is 9.84 Å². The van der Waals surface area contributed by atoms with E-state index in [-0.39, 0.29) is 0 Å². The Balaban J connectivity index is 0.00000154. The monoisotopic (exact) mass is 266 g/mol. The normalized spacial score (nSPS) is 10.7. The van der Waals surface area contributed by atoms with E-state index in [9.17, 15) is 5.11 Å². The van der Waals surface area contributed by atoms with Crippen molar-refractivity contribution in [3.8, 4) is 5.75 Å². The van der Waals surface area contributed by atoms with Crippen LogP contribution in [-0.4, -0.2) is 17.8 Å². The van der Waals surface area contributed by atoms with Gasteiger partial charge in [0.25, 0.3) is 0 Å². The summed E-state index contributed by atoms with van der Waals surface area (Å²) in [5, 5.41) is 9.64. The number of ether oxygens (including phenoxy) is 1. The van der Waals surface area contributed by atoms with Crippen LogP contribution in [0, 0.1) is 6.92 Å². The van der Waals surface area contributed by atoms with E-state index >= 15 is 0 Å². The lowest BCUT2D eigenvalue weighted by Gasteiger charge is -2.16. The molecule has 0 bridgehead atoms. The third kappa shape index (κ3) is 7.89. The summed E-state index contributed by atoms with van der Waals surface area (Å²) in [7, 11) is 1.71. The maximum absolute atomic E-state index is 9.64. The lowest BCUT2D eigenvalue weighted by molar-refractivity contribution is 0.0682. The molecule has 0 aliphatic rings. The summed E-state index contributed by atoms with van der Waals surface area (Å²) in [5.41, 5.74) is 1.99. The van der Waals surface area contributed by atoms with Crippen molar-refractivity contribution in [3.05, 3.63) is 29.3 Å². The number of unbranched alkanes of at least 4 members (excludes halogenated alkanes) is 1. The van der Waals surface area contributed by atoms with Gasteiger partial charge >= 0.3 is 0 Å². The van der Waals surface area contributed by atoms with E-state index in [2.05, 4.69) is 19.1 Å². The van der Waals surface area contributed by atoms with Crippen molar-refractivity contribution in [2.45, 2.75) is 65.9 Å². The first-order valence-corrected chi connectivity index (χ1v) is 7.28. The van der Waals surface area contributed by atoms with Gasteiger partial charge in [0.15, 0.2) is 0 Å². The van der Waals surface area contributed by atoms with Crippen LogP contribution in [0.5, 0.6) is 5.75 Å². The smallest absolute Gasteiger partial charge is 0.122 e. The number of rotatable bonds is 6. The molecule has 0 unspecified atom stereocenters. The summed E-state index contributed by atoms with van der Waals surface area (Å²) in [4.78, 5) is 0. The first-order valence-electron chi connectivity index (χ1n) is 7.28. The van der Waals surface area contributed by atoms with Crippen molar-refractivity contribution in [2.75, 3.05) is 7.11 Å². The lowest BCUT2D eigenvalue weighted by Crippen LogP contribution is -2.17. The Bertz CT molecular complexity index is 351. The molecule has 19 heavy (non-hydrogen) atoms. The minimum atomic E-state index is -0.545. The van der Waals surface area contributed by atoms with Crippen LogP contribution < -0.4 is 4.74 Å². The fourth-order valence-electron chi connectivity index (χ4n) is 1.98. The fraction of sp³-hybridized carbons (Fsp3) is 0.647. The maximum atomic E-state index is 9.64. The number of hydrogen-bond acceptors (Lipinski definition) is 2. The van der Waals surface area contributed by atoms with E-state index in [0.717, 1.165) is 31.4 Å². The molecule has 1 aromatic carbocycles. The van der Waals surface area contributed by atoms with Gasteiger partial charge in [0.2, 0.25) is 0 Å². The van der Waals surface area contributed by atoms with Gasteiger partial charge in [-0.25, -0.2) is 0 Å². The zero-order valence-electron chi connectivity index (χ0n) is 13.4. The van der Waals surface area contributed by atoms with Crippen molar-refractivity contribution in [1.29, 1.82) is 0 Å². The summed E-state index contributed by atoms with van der Waals surface area (Å²) in [6.07, 6.45) is 3.99. The first kappa shape index (κ1) is 18.0. The Morgan fingerprint density at radius 3 is 2.32 bits per heavy atom. The molecule has 0 aliphatic heterocycles. The highest BCUT2D eigenvalue weighted by Crippen LogP contribution is 2.22. The summed E-state index contributed by atoms with van der Waals surface area (Å²) in [6.45, 7) is 9.82. The van der Waals surface area contributed by atoms with Crippen LogP contribution in [0.4, 0.5) is 0 Å². The number of aryl methyl sites for hydroxylation is 2. The molecule has 1 N–H and O–H groups in total. The van der Waals surface area contributed by atoms with Gasteiger partial charge in [-0.1, -0.05) is 38.0 Å². The van der Waals surface area contributed by atoms with Crippen LogP contribution in [0.2, 0.25) is 0 Å². The summed E-state index contributed by atoms with van der Waals surface area (Å²) >= 11 is 0. The van der Waals surface area contributed by atoms with Crippen molar-refractivity contribution in [3.63, 3.8) is 0 Å². The molecule has 0 heterocycles. The molecule has 0 aliphatic carbocycles. The Labute approximate surface area is 118 Å². The molecule has 0 fully saturated rings. The largest absolute Gasteiger partial charge is 0.496 e. The average molecular weight is 266 g/mol. The second-order valence-corrected chi connectivity index (χ2v) is 5.33. The lowest BCUT2D eigenvalue weighted by atomic mass is 9.98. The average Bonchev–Trinajstić information content (AvgIpc) is 2.36. The quantitative estimate of drug-likeness (QED) is 0.767. The molecule has 110 valence electrons. The summed E-state index contributed by atoms with van der Waals surface area (Å²) in [6, 6.07) is 6.28. The Kier molecular flexibility index (Phi) is 8.49. The van der Waals surface area contributed by atoms with E-state index in [1.807, 2.05) is 33.8 Å². The maximum Gasteiger partial charge on any atom is 0.122 e. The molecule has 2 heteroatoms. The van der Waals surface area contributed by atoms with Gasteiger partial charge in [-0.3, -0.25) is 0 Å². The van der Waals surface area contributed by atoms with E-state index in [0.29, 0.717) is 0 Å². The Morgan fingerprint density at radius 1 is 1.16 bits per heavy atom. The van der Waals surface area contributed by atoms with Crippen LogP contribution in [0.25, 0.3) is 0 Å². The van der Waals surface area contributed by atoms with Gasteiger partial charge in [0.05, 0.1) is 12.7 Å². The summed E-state index contributed by atoms with van der Waals surface area (Å²) < 4.78 is 5.35. The van der Waals surface area contributed by atoms with Gasteiger partial charge in [-0.15, -0.1) is 0 Å². The fourth-order valence-corrected chi connectivity index (χ4v) is 1.98. The summed E-state index contributed by atoms with van der Waals surface area (Å²) in [5.74, 6) is 0.971. The molecule has 0 saturated carbocycles. The molecule has 1 rings (SSSR count). The topological polar surface area (TPSA) is 29.5 Å². The van der Waals surface area contributed by atoms with Gasteiger partial charge in [0.1, 0.15) is 5.75 Å². The minimum Gasteiger partial charge on any atom is -0.496 e. The Hall–Kier alpha value is -1.02. The third-order valence-electron chi connectivity index (χ3n) is 2.92. The second-order valence-electron chi connectivity index (χ2n) is 5.33. The molecule has 2 nitrogen and oxygen atoms in total. The molecule has 1 aromatic rings. The van der Waals surface area contributed by atoms with Gasteiger partial charge in [0, 0.05) is 0 Å². The second kappa shape index (κ2) is 8.98. The molecular formula is C17H30O2. The highest BCUT2D eigenvalue weighted by molar-refractivity contribution is 5.36. The number of benzene rings is 1. The highest BCUT2D eigenvalue weighted by atomic mass is 16.5.